The molecule has 13 nitrogen and oxygen atoms in total. The Morgan fingerprint density at radius 3 is 2.83 bits per heavy atom. The zero-order valence-corrected chi connectivity index (χ0v) is 20.9. The first kappa shape index (κ1) is 27.7. The molecule has 18 heteroatoms. The van der Waals surface area contributed by atoms with Crippen molar-refractivity contribution in [2.45, 2.75) is 24.4 Å². The fourth-order valence-corrected chi connectivity index (χ4v) is 5.54. The molecular weight excluding hydrogens is 535 g/mol. The SMILES string of the molecule is [B]OC(=O)C1=C(CCl)CS[C@@H]2[C@H](NC(=O)/C(=N\O[C@@H](CNC=O)C(=O)[B]O)c3csc(C)n3)C(=O)N12. The number of halogens is 1. The van der Waals surface area contributed by atoms with Crippen LogP contribution in [0.25, 0.3) is 0 Å². The van der Waals surface area contributed by atoms with Crippen LogP contribution >= 0.6 is 34.7 Å². The van der Waals surface area contributed by atoms with Crippen LogP contribution in [0.3, 0.4) is 0 Å². The van der Waals surface area contributed by atoms with Crippen LogP contribution in [-0.4, -0.2) is 102 Å². The molecule has 1 aromatic rings. The van der Waals surface area contributed by atoms with Crippen LogP contribution in [0.1, 0.15) is 10.7 Å². The summed E-state index contributed by atoms with van der Waals surface area (Å²) in [6.45, 7) is 1.36. The number of aryl methyl sites for hydroxylation is 1. The summed E-state index contributed by atoms with van der Waals surface area (Å²) in [5, 5.41) is 19.0. The first-order valence-electron chi connectivity index (χ1n) is 10.1. The van der Waals surface area contributed by atoms with Crippen LogP contribution in [0.5, 0.6) is 0 Å². The lowest BCUT2D eigenvalue weighted by molar-refractivity contribution is -0.149. The van der Waals surface area contributed by atoms with E-state index in [-0.39, 0.29) is 37.0 Å². The molecule has 0 aliphatic carbocycles. The molecule has 3 rings (SSSR count). The number of hydrogen-bond donors (Lipinski definition) is 3. The number of rotatable bonds is 12. The predicted octanol–water partition coefficient (Wildman–Crippen LogP) is -2.06. The largest absolute Gasteiger partial charge is 0.539 e. The first-order valence-corrected chi connectivity index (χ1v) is 12.5. The van der Waals surface area contributed by atoms with Gasteiger partial charge in [0.05, 0.1) is 11.6 Å². The lowest BCUT2D eigenvalue weighted by Gasteiger charge is -2.49. The normalized spacial score (nSPS) is 20.0. The third-order valence-corrected chi connectivity index (χ3v) is 7.41. The summed E-state index contributed by atoms with van der Waals surface area (Å²) in [5.41, 5.74) is -0.767. The Morgan fingerprint density at radius 2 is 2.25 bits per heavy atom. The number of carbonyl (C=O) groups is 5. The Balaban J connectivity index is 1.82. The number of fused-ring (bicyclic) bond motifs is 1. The number of β-lactam (4-membered cyclic amide) rings is 1. The van der Waals surface area contributed by atoms with Gasteiger partial charge in [-0.15, -0.1) is 34.7 Å². The molecular formula is C18H17B2ClN5O8S2. The average Bonchev–Trinajstić information content (AvgIpc) is 3.32. The van der Waals surface area contributed by atoms with Gasteiger partial charge in [0.2, 0.25) is 6.41 Å². The highest BCUT2D eigenvalue weighted by molar-refractivity contribution is 8.00. The Kier molecular flexibility index (Phi) is 9.53. The van der Waals surface area contributed by atoms with Gasteiger partial charge >= 0.3 is 21.5 Å². The van der Waals surface area contributed by atoms with Crippen molar-refractivity contribution in [1.82, 2.24) is 20.5 Å². The minimum atomic E-state index is -1.43. The molecule has 2 aliphatic rings. The highest BCUT2D eigenvalue weighted by atomic mass is 35.5. The number of thioether (sulfide) groups is 1. The molecule has 0 bridgehead atoms. The molecule has 1 aromatic heterocycles. The summed E-state index contributed by atoms with van der Waals surface area (Å²) in [7, 11) is 5.24. The maximum absolute atomic E-state index is 13.1. The van der Waals surface area contributed by atoms with Gasteiger partial charge in [-0.2, -0.15) is 0 Å². The topological polar surface area (TPSA) is 177 Å². The highest BCUT2D eigenvalue weighted by Gasteiger charge is 2.54. The summed E-state index contributed by atoms with van der Waals surface area (Å²) < 4.78 is 4.28. The van der Waals surface area contributed by atoms with Crippen molar-refractivity contribution in [1.29, 1.82) is 0 Å². The van der Waals surface area contributed by atoms with Crippen molar-refractivity contribution >= 4 is 85.8 Å². The summed E-state index contributed by atoms with van der Waals surface area (Å²) >= 11 is 8.38. The van der Waals surface area contributed by atoms with E-state index in [9.17, 15) is 24.0 Å². The Morgan fingerprint density at radius 1 is 1.50 bits per heavy atom. The van der Waals surface area contributed by atoms with Crippen LogP contribution in [0.15, 0.2) is 21.8 Å². The highest BCUT2D eigenvalue weighted by Crippen LogP contribution is 2.40. The lowest BCUT2D eigenvalue weighted by Crippen LogP contribution is -2.71. The molecule has 3 radical (unpaired) electrons. The summed E-state index contributed by atoms with van der Waals surface area (Å²) in [4.78, 5) is 71.0. The molecule has 0 spiro atoms. The molecule has 0 aromatic carbocycles. The fourth-order valence-electron chi connectivity index (χ4n) is 3.26. The van der Waals surface area contributed by atoms with Crippen molar-refractivity contribution in [2.24, 2.45) is 5.16 Å². The van der Waals surface area contributed by atoms with Gasteiger partial charge in [-0.3, -0.25) is 19.3 Å². The molecule has 3 N–H and O–H groups in total. The first-order chi connectivity index (χ1) is 17.3. The maximum Gasteiger partial charge on any atom is 0.379 e. The van der Waals surface area contributed by atoms with E-state index in [4.69, 9.17) is 29.5 Å². The second kappa shape index (κ2) is 12.4. The summed E-state index contributed by atoms with van der Waals surface area (Å²) in [6, 6.07) is -1.04. The molecule has 1 fully saturated rings. The van der Waals surface area contributed by atoms with Gasteiger partial charge in [0.1, 0.15) is 22.8 Å². The number of oxime groups is 1. The van der Waals surface area contributed by atoms with Gasteiger partial charge in [0.15, 0.2) is 17.5 Å². The molecule has 1 saturated heterocycles. The number of aromatic nitrogens is 1. The number of nitrogens with zero attached hydrogens (tertiary/aromatic N) is 3. The molecule has 3 heterocycles. The van der Waals surface area contributed by atoms with Gasteiger partial charge in [0.25, 0.3) is 11.8 Å². The quantitative estimate of drug-likeness (QED) is 0.0653. The zero-order chi connectivity index (χ0) is 26.4. The maximum atomic E-state index is 13.1. The molecule has 0 saturated carbocycles. The van der Waals surface area contributed by atoms with Crippen molar-refractivity contribution in [3.8, 4) is 0 Å². The number of amides is 3. The van der Waals surface area contributed by atoms with E-state index < -0.39 is 41.0 Å². The number of carbonyl (C=O) groups excluding carboxylic acids is 5. The van der Waals surface area contributed by atoms with E-state index in [1.54, 1.807) is 6.92 Å². The third-order valence-electron chi connectivity index (χ3n) is 4.97. The lowest BCUT2D eigenvalue weighted by atomic mass is 9.89. The molecule has 36 heavy (non-hydrogen) atoms. The smallest absolute Gasteiger partial charge is 0.379 e. The Hall–Kier alpha value is -2.88. The van der Waals surface area contributed by atoms with E-state index >= 15 is 0 Å². The van der Waals surface area contributed by atoms with Crippen LogP contribution < -0.4 is 10.6 Å². The number of alkyl halides is 1. The number of thiazole rings is 1. The van der Waals surface area contributed by atoms with Crippen molar-refractivity contribution in [3.05, 3.63) is 27.4 Å². The van der Waals surface area contributed by atoms with E-state index in [0.29, 0.717) is 22.7 Å². The second-order valence-corrected chi connectivity index (χ2v) is 9.63. The van der Waals surface area contributed by atoms with Crippen molar-refractivity contribution < 1.29 is 38.5 Å². The van der Waals surface area contributed by atoms with E-state index in [2.05, 4.69) is 25.4 Å². The van der Waals surface area contributed by atoms with Gasteiger partial charge in [-0.25, -0.2) is 9.78 Å². The minimum absolute atomic E-state index is 0.0214. The second-order valence-electron chi connectivity index (χ2n) is 7.20. The molecule has 2 aliphatic heterocycles. The number of hydrogen-bond acceptors (Lipinski definition) is 12. The van der Waals surface area contributed by atoms with Crippen LogP contribution in [0.2, 0.25) is 0 Å². The van der Waals surface area contributed by atoms with Gasteiger partial charge in [0, 0.05) is 17.0 Å². The summed E-state index contributed by atoms with van der Waals surface area (Å²) in [5.74, 6) is -2.10. The monoisotopic (exact) mass is 552 g/mol. The fraction of sp³-hybridized carbons (Fsp3) is 0.389. The predicted molar refractivity (Wildman–Crippen MR) is 130 cm³/mol. The van der Waals surface area contributed by atoms with E-state index in [1.807, 2.05) is 0 Å². The third kappa shape index (κ3) is 5.74. The summed E-state index contributed by atoms with van der Waals surface area (Å²) in [6.07, 6.45) is -1.11. The van der Waals surface area contributed by atoms with Gasteiger partial charge in [-0.1, -0.05) is 5.16 Å². The Bertz CT molecular complexity index is 1130. The zero-order valence-electron chi connectivity index (χ0n) is 18.5. The standard InChI is InChI=1S/C18H17B2ClN5O8S2/c1-7-23-9(5-35-7)11(25-34-10(3-22-6-27)14(28)20-32)15(29)24-12-16(30)26-13(18(31)33-19)8(2-21)4-36-17(12)26/h5-6,10,12,17,32H,2-4H2,1H3,(H,22,27)(H,24,29)/b25-11-/t10-,12+,17+/m0/s1. The van der Waals surface area contributed by atoms with E-state index in [0.717, 1.165) is 4.90 Å². The molecule has 3 atom stereocenters. The Labute approximate surface area is 219 Å². The van der Waals surface area contributed by atoms with Crippen molar-refractivity contribution in [3.63, 3.8) is 0 Å². The minimum Gasteiger partial charge on any atom is -0.539 e. The number of nitrogens with one attached hydrogen (secondary N) is 2. The molecule has 187 valence electrons. The molecule has 3 amide bonds. The molecule has 0 unspecified atom stereocenters. The van der Waals surface area contributed by atoms with Gasteiger partial charge < -0.3 is 29.9 Å². The van der Waals surface area contributed by atoms with Crippen LogP contribution in [-0.2, 0) is 33.5 Å². The van der Waals surface area contributed by atoms with E-state index in [1.165, 1.54) is 28.5 Å². The van der Waals surface area contributed by atoms with Crippen LogP contribution in [0, 0.1) is 6.92 Å². The average molecular weight is 553 g/mol. The van der Waals surface area contributed by atoms with Crippen molar-refractivity contribution in [2.75, 3.05) is 18.2 Å². The van der Waals surface area contributed by atoms with Crippen LogP contribution in [0.4, 0.5) is 0 Å². The van der Waals surface area contributed by atoms with Gasteiger partial charge in [-0.05, 0) is 12.5 Å².